The Labute approximate surface area is 154 Å². The third-order valence-corrected chi connectivity index (χ3v) is 6.62. The van der Waals surface area contributed by atoms with E-state index in [0.29, 0.717) is 24.3 Å². The summed E-state index contributed by atoms with van der Waals surface area (Å²) < 4.78 is 0. The van der Waals surface area contributed by atoms with E-state index >= 15 is 0 Å². The van der Waals surface area contributed by atoms with Crippen LogP contribution in [0.15, 0.2) is 0 Å². The summed E-state index contributed by atoms with van der Waals surface area (Å²) in [6, 6.07) is 0.752. The first-order valence-electron chi connectivity index (χ1n) is 10.8. The molecular formula is C21H39N3O. The number of rotatable bonds is 4. The van der Waals surface area contributed by atoms with Crippen LogP contribution in [0.4, 0.5) is 0 Å². The predicted molar refractivity (Wildman–Crippen MR) is 104 cm³/mol. The van der Waals surface area contributed by atoms with Crippen molar-refractivity contribution in [2.24, 2.45) is 17.8 Å². The van der Waals surface area contributed by atoms with Crippen LogP contribution in [0.25, 0.3) is 0 Å². The van der Waals surface area contributed by atoms with Gasteiger partial charge in [-0.15, -0.1) is 0 Å². The Kier molecular flexibility index (Phi) is 6.79. The van der Waals surface area contributed by atoms with Gasteiger partial charge in [-0.1, -0.05) is 20.3 Å². The highest BCUT2D eigenvalue weighted by atomic mass is 16.2. The van der Waals surface area contributed by atoms with Crippen LogP contribution in [0.3, 0.4) is 0 Å². The van der Waals surface area contributed by atoms with E-state index < -0.39 is 0 Å². The Morgan fingerprint density at radius 2 is 1.68 bits per heavy atom. The molecule has 0 aromatic rings. The maximum Gasteiger partial charge on any atom is 0.236 e. The fourth-order valence-electron chi connectivity index (χ4n) is 5.36. The van der Waals surface area contributed by atoms with Gasteiger partial charge in [0.05, 0.1) is 6.54 Å². The summed E-state index contributed by atoms with van der Waals surface area (Å²) in [5.74, 6) is 2.43. The highest BCUT2D eigenvalue weighted by molar-refractivity contribution is 5.78. The van der Waals surface area contributed by atoms with Gasteiger partial charge in [0.25, 0.3) is 0 Å². The van der Waals surface area contributed by atoms with Crippen LogP contribution in [-0.4, -0.2) is 72.5 Å². The second-order valence-electron chi connectivity index (χ2n) is 9.33. The van der Waals surface area contributed by atoms with Crippen LogP contribution in [0, 0.1) is 17.8 Å². The molecule has 25 heavy (non-hydrogen) atoms. The number of hydrogen-bond donors (Lipinski definition) is 0. The largest absolute Gasteiger partial charge is 0.341 e. The molecule has 0 bridgehead atoms. The fraction of sp³-hybridized carbons (Fsp3) is 0.952. The SMILES string of the molecule is CC1CC(C)CN(C(=O)CN2CCCC(CN3CCCCC3C)C2)C1. The van der Waals surface area contributed by atoms with Crippen molar-refractivity contribution in [3.8, 4) is 0 Å². The van der Waals surface area contributed by atoms with Gasteiger partial charge in [-0.05, 0) is 69.9 Å². The molecule has 0 aromatic heterocycles. The molecule has 3 aliphatic rings. The highest BCUT2D eigenvalue weighted by Crippen LogP contribution is 2.24. The topological polar surface area (TPSA) is 26.8 Å². The third-order valence-electron chi connectivity index (χ3n) is 6.62. The Hall–Kier alpha value is -0.610. The Morgan fingerprint density at radius 1 is 0.920 bits per heavy atom. The van der Waals surface area contributed by atoms with Gasteiger partial charge in [0.2, 0.25) is 5.91 Å². The average Bonchev–Trinajstić information content (AvgIpc) is 2.56. The zero-order chi connectivity index (χ0) is 17.8. The van der Waals surface area contributed by atoms with Crippen LogP contribution in [0.5, 0.6) is 0 Å². The molecule has 4 unspecified atom stereocenters. The van der Waals surface area contributed by atoms with Gasteiger partial charge in [0.15, 0.2) is 0 Å². The van der Waals surface area contributed by atoms with E-state index in [0.717, 1.165) is 38.1 Å². The van der Waals surface area contributed by atoms with Gasteiger partial charge in [0.1, 0.15) is 0 Å². The maximum absolute atomic E-state index is 12.8. The lowest BCUT2D eigenvalue weighted by atomic mass is 9.91. The van der Waals surface area contributed by atoms with Gasteiger partial charge in [-0.2, -0.15) is 0 Å². The summed E-state index contributed by atoms with van der Waals surface area (Å²) in [4.78, 5) is 20.1. The summed E-state index contributed by atoms with van der Waals surface area (Å²) in [6.45, 7) is 14.3. The zero-order valence-corrected chi connectivity index (χ0v) is 16.8. The number of carbonyl (C=O) groups excluding carboxylic acids is 1. The smallest absolute Gasteiger partial charge is 0.236 e. The molecule has 0 spiro atoms. The summed E-state index contributed by atoms with van der Waals surface area (Å²) in [7, 11) is 0. The van der Waals surface area contributed by atoms with E-state index in [2.05, 4.69) is 35.5 Å². The summed E-state index contributed by atoms with van der Waals surface area (Å²) in [5.41, 5.74) is 0. The van der Waals surface area contributed by atoms with E-state index in [1.54, 1.807) is 0 Å². The van der Waals surface area contributed by atoms with E-state index in [-0.39, 0.29) is 0 Å². The Bertz CT molecular complexity index is 431. The number of piperidine rings is 3. The molecule has 0 aromatic carbocycles. The van der Waals surface area contributed by atoms with E-state index in [9.17, 15) is 4.79 Å². The minimum absolute atomic E-state index is 0.366. The Morgan fingerprint density at radius 3 is 2.40 bits per heavy atom. The molecule has 0 saturated carbocycles. The van der Waals surface area contributed by atoms with Crippen molar-refractivity contribution in [3.63, 3.8) is 0 Å². The molecule has 0 aliphatic carbocycles. The van der Waals surface area contributed by atoms with Crippen molar-refractivity contribution in [1.82, 2.24) is 14.7 Å². The quantitative estimate of drug-likeness (QED) is 0.780. The summed E-state index contributed by atoms with van der Waals surface area (Å²) in [5, 5.41) is 0. The molecule has 144 valence electrons. The monoisotopic (exact) mass is 349 g/mol. The first-order valence-corrected chi connectivity index (χ1v) is 10.8. The number of carbonyl (C=O) groups is 1. The third kappa shape index (κ3) is 5.43. The molecular weight excluding hydrogens is 310 g/mol. The van der Waals surface area contributed by atoms with Gasteiger partial charge < -0.3 is 9.80 Å². The van der Waals surface area contributed by atoms with Gasteiger partial charge in [0, 0.05) is 32.2 Å². The zero-order valence-electron chi connectivity index (χ0n) is 16.8. The molecule has 0 N–H and O–H groups in total. The molecule has 3 aliphatic heterocycles. The lowest BCUT2D eigenvalue weighted by molar-refractivity contribution is -0.135. The van der Waals surface area contributed by atoms with E-state index in [1.807, 2.05) is 0 Å². The first kappa shape index (κ1) is 19.2. The van der Waals surface area contributed by atoms with Crippen molar-refractivity contribution in [2.75, 3.05) is 45.8 Å². The number of likely N-dealkylation sites (tertiary alicyclic amines) is 3. The molecule has 1 amide bonds. The lowest BCUT2D eigenvalue weighted by Gasteiger charge is -2.40. The van der Waals surface area contributed by atoms with Crippen molar-refractivity contribution in [2.45, 2.75) is 65.3 Å². The normalized spacial score (nSPS) is 35.7. The molecule has 3 rings (SSSR count). The maximum atomic E-state index is 12.8. The molecule has 0 radical (unpaired) electrons. The number of nitrogens with zero attached hydrogens (tertiary/aromatic N) is 3. The minimum Gasteiger partial charge on any atom is -0.341 e. The lowest BCUT2D eigenvalue weighted by Crippen LogP contribution is -2.50. The fourth-order valence-corrected chi connectivity index (χ4v) is 5.36. The van der Waals surface area contributed by atoms with Crippen LogP contribution in [0.1, 0.15) is 59.3 Å². The molecule has 3 saturated heterocycles. The number of amides is 1. The summed E-state index contributed by atoms with van der Waals surface area (Å²) in [6.07, 6.45) is 7.99. The molecule has 4 atom stereocenters. The standard InChI is InChI=1S/C21H39N3O/c1-17-11-18(2)13-24(12-17)21(25)16-22-9-6-8-20(14-22)15-23-10-5-4-7-19(23)3/h17-20H,4-16H2,1-3H3. The van der Waals surface area contributed by atoms with E-state index in [1.165, 1.54) is 51.6 Å². The van der Waals surface area contributed by atoms with Gasteiger partial charge in [-0.3, -0.25) is 9.69 Å². The van der Waals surface area contributed by atoms with Crippen LogP contribution in [0.2, 0.25) is 0 Å². The summed E-state index contributed by atoms with van der Waals surface area (Å²) >= 11 is 0. The molecule has 4 nitrogen and oxygen atoms in total. The minimum atomic E-state index is 0.366. The molecule has 3 fully saturated rings. The molecule has 4 heteroatoms. The van der Waals surface area contributed by atoms with Crippen molar-refractivity contribution < 1.29 is 4.79 Å². The van der Waals surface area contributed by atoms with Gasteiger partial charge in [-0.25, -0.2) is 0 Å². The van der Waals surface area contributed by atoms with Crippen LogP contribution in [-0.2, 0) is 4.79 Å². The number of hydrogen-bond acceptors (Lipinski definition) is 3. The second-order valence-corrected chi connectivity index (χ2v) is 9.33. The average molecular weight is 350 g/mol. The van der Waals surface area contributed by atoms with Crippen molar-refractivity contribution in [1.29, 1.82) is 0 Å². The van der Waals surface area contributed by atoms with Crippen LogP contribution < -0.4 is 0 Å². The van der Waals surface area contributed by atoms with Gasteiger partial charge >= 0.3 is 0 Å². The van der Waals surface area contributed by atoms with E-state index in [4.69, 9.17) is 0 Å². The molecule has 3 heterocycles. The van der Waals surface area contributed by atoms with Crippen molar-refractivity contribution >= 4 is 5.91 Å². The first-order chi connectivity index (χ1) is 12.0. The van der Waals surface area contributed by atoms with Crippen molar-refractivity contribution in [3.05, 3.63) is 0 Å². The Balaban J connectivity index is 1.47. The predicted octanol–water partition coefficient (Wildman–Crippen LogP) is 3.08. The highest BCUT2D eigenvalue weighted by Gasteiger charge is 2.29. The van der Waals surface area contributed by atoms with Crippen LogP contribution >= 0.6 is 0 Å². The second kappa shape index (κ2) is 8.85.